The summed E-state index contributed by atoms with van der Waals surface area (Å²) in [6, 6.07) is 0. The van der Waals surface area contributed by atoms with Crippen LogP contribution in [0.4, 0.5) is 0 Å². The zero-order valence-corrected chi connectivity index (χ0v) is 9.37. The zero-order chi connectivity index (χ0) is 11.1. The predicted molar refractivity (Wildman–Crippen MR) is 57.5 cm³/mol. The van der Waals surface area contributed by atoms with Gasteiger partial charge < -0.3 is 15.2 Å². The number of carbonyl (C=O) groups excluding carboxylic acids is 1. The Morgan fingerprint density at radius 1 is 1.60 bits per heavy atom. The lowest BCUT2D eigenvalue weighted by molar-refractivity contribution is -0.145. The van der Waals surface area contributed by atoms with E-state index in [2.05, 4.69) is 5.32 Å². The second kappa shape index (κ2) is 6.80. The van der Waals surface area contributed by atoms with Crippen molar-refractivity contribution in [3.63, 3.8) is 0 Å². The third-order valence-corrected chi connectivity index (χ3v) is 2.51. The molecule has 1 rings (SSSR count). The van der Waals surface area contributed by atoms with Gasteiger partial charge >= 0.3 is 5.97 Å². The van der Waals surface area contributed by atoms with Crippen LogP contribution in [0.15, 0.2) is 0 Å². The fourth-order valence-corrected chi connectivity index (χ4v) is 1.47. The summed E-state index contributed by atoms with van der Waals surface area (Å²) in [5.74, 6) is 0.577. The van der Waals surface area contributed by atoms with Crippen LogP contribution in [-0.4, -0.2) is 36.9 Å². The van der Waals surface area contributed by atoms with E-state index in [1.165, 1.54) is 19.3 Å². The van der Waals surface area contributed by atoms with Crippen molar-refractivity contribution in [1.82, 2.24) is 5.32 Å². The SMILES string of the molecule is CCOC(=O)CC(O)CNCCC1CC1. The molecule has 1 atom stereocenters. The van der Waals surface area contributed by atoms with Crippen LogP contribution in [0, 0.1) is 5.92 Å². The maximum atomic E-state index is 11.0. The molecule has 1 unspecified atom stereocenters. The van der Waals surface area contributed by atoms with Gasteiger partial charge in [0.1, 0.15) is 0 Å². The fourth-order valence-electron chi connectivity index (χ4n) is 1.47. The third kappa shape index (κ3) is 6.47. The number of rotatable bonds is 8. The molecule has 0 aromatic heterocycles. The number of hydrogen-bond donors (Lipinski definition) is 2. The number of esters is 1. The minimum atomic E-state index is -0.622. The number of hydrogen-bond acceptors (Lipinski definition) is 4. The predicted octanol–water partition coefficient (Wildman–Crippen LogP) is 0.690. The van der Waals surface area contributed by atoms with Gasteiger partial charge in [-0.2, -0.15) is 0 Å². The Kier molecular flexibility index (Phi) is 5.65. The number of aliphatic hydroxyl groups excluding tert-OH is 1. The molecule has 0 spiro atoms. The van der Waals surface area contributed by atoms with Gasteiger partial charge in [0.25, 0.3) is 0 Å². The van der Waals surface area contributed by atoms with E-state index >= 15 is 0 Å². The lowest BCUT2D eigenvalue weighted by Crippen LogP contribution is -2.30. The molecule has 0 radical (unpaired) electrons. The first-order valence-electron chi connectivity index (χ1n) is 5.76. The highest BCUT2D eigenvalue weighted by Crippen LogP contribution is 2.31. The average Bonchev–Trinajstić information content (AvgIpc) is 2.96. The lowest BCUT2D eigenvalue weighted by atomic mass is 10.2. The van der Waals surface area contributed by atoms with Crippen LogP contribution in [-0.2, 0) is 9.53 Å². The van der Waals surface area contributed by atoms with Gasteiger partial charge in [0.15, 0.2) is 0 Å². The van der Waals surface area contributed by atoms with Crippen LogP contribution < -0.4 is 5.32 Å². The zero-order valence-electron chi connectivity index (χ0n) is 9.37. The summed E-state index contributed by atoms with van der Waals surface area (Å²) < 4.78 is 4.74. The molecule has 1 saturated carbocycles. The molecule has 4 nitrogen and oxygen atoms in total. The number of nitrogens with one attached hydrogen (secondary N) is 1. The molecule has 0 saturated heterocycles. The second-order valence-corrected chi connectivity index (χ2v) is 4.10. The summed E-state index contributed by atoms with van der Waals surface area (Å²) in [5, 5.41) is 12.6. The summed E-state index contributed by atoms with van der Waals surface area (Å²) >= 11 is 0. The molecule has 4 heteroatoms. The number of aliphatic hydroxyl groups is 1. The first-order chi connectivity index (χ1) is 7.22. The summed E-state index contributed by atoms with van der Waals surface area (Å²) in [4.78, 5) is 11.0. The molecule has 15 heavy (non-hydrogen) atoms. The van der Waals surface area contributed by atoms with E-state index in [0.29, 0.717) is 13.2 Å². The molecular weight excluding hydrogens is 194 g/mol. The molecule has 88 valence electrons. The molecule has 1 fully saturated rings. The molecule has 0 aromatic carbocycles. The first-order valence-corrected chi connectivity index (χ1v) is 5.76. The molecule has 0 aromatic rings. The van der Waals surface area contributed by atoms with E-state index in [1.807, 2.05) is 0 Å². The highest BCUT2D eigenvalue weighted by molar-refractivity contribution is 5.69. The first kappa shape index (κ1) is 12.5. The van der Waals surface area contributed by atoms with Gasteiger partial charge in [-0.1, -0.05) is 12.8 Å². The van der Waals surface area contributed by atoms with Gasteiger partial charge in [-0.05, 0) is 25.8 Å². The molecule has 0 amide bonds. The minimum Gasteiger partial charge on any atom is -0.466 e. The van der Waals surface area contributed by atoms with E-state index in [4.69, 9.17) is 4.74 Å². The third-order valence-electron chi connectivity index (χ3n) is 2.51. The molecule has 0 heterocycles. The van der Waals surface area contributed by atoms with E-state index in [9.17, 15) is 9.90 Å². The van der Waals surface area contributed by atoms with Gasteiger partial charge in [0.05, 0.1) is 19.1 Å². The standard InChI is InChI=1S/C11H21NO3/c1-2-15-11(14)7-10(13)8-12-6-5-9-3-4-9/h9-10,12-13H,2-8H2,1H3. The van der Waals surface area contributed by atoms with Crippen molar-refractivity contribution in [2.24, 2.45) is 5.92 Å². The number of ether oxygens (including phenoxy) is 1. The van der Waals surface area contributed by atoms with Crippen molar-refractivity contribution in [3.05, 3.63) is 0 Å². The van der Waals surface area contributed by atoms with Crippen molar-refractivity contribution >= 4 is 5.97 Å². The minimum absolute atomic E-state index is 0.0876. The van der Waals surface area contributed by atoms with Crippen molar-refractivity contribution in [1.29, 1.82) is 0 Å². The van der Waals surface area contributed by atoms with Gasteiger partial charge in [0, 0.05) is 6.54 Å². The number of carbonyl (C=O) groups is 1. The van der Waals surface area contributed by atoms with Crippen molar-refractivity contribution < 1.29 is 14.6 Å². The highest BCUT2D eigenvalue weighted by atomic mass is 16.5. The summed E-state index contributed by atoms with van der Waals surface area (Å²) in [5.41, 5.74) is 0. The smallest absolute Gasteiger partial charge is 0.308 e. The molecule has 1 aliphatic carbocycles. The summed E-state index contributed by atoms with van der Waals surface area (Å²) in [6.45, 7) is 3.55. The Hall–Kier alpha value is -0.610. The summed E-state index contributed by atoms with van der Waals surface area (Å²) in [6.07, 6.45) is 3.36. The van der Waals surface area contributed by atoms with Crippen molar-refractivity contribution in [2.45, 2.75) is 38.7 Å². The van der Waals surface area contributed by atoms with Crippen LogP contribution in [0.3, 0.4) is 0 Å². The molecule has 0 aliphatic heterocycles. The fraction of sp³-hybridized carbons (Fsp3) is 0.909. The Balaban J connectivity index is 1.91. The topological polar surface area (TPSA) is 58.6 Å². The Labute approximate surface area is 91.0 Å². The van der Waals surface area contributed by atoms with Crippen molar-refractivity contribution in [2.75, 3.05) is 19.7 Å². The molecule has 0 bridgehead atoms. The Morgan fingerprint density at radius 2 is 2.33 bits per heavy atom. The van der Waals surface area contributed by atoms with E-state index in [1.54, 1.807) is 6.92 Å². The van der Waals surface area contributed by atoms with Crippen LogP contribution >= 0.6 is 0 Å². The van der Waals surface area contributed by atoms with Crippen LogP contribution in [0.25, 0.3) is 0 Å². The largest absolute Gasteiger partial charge is 0.466 e. The van der Waals surface area contributed by atoms with E-state index in [0.717, 1.165) is 12.5 Å². The van der Waals surface area contributed by atoms with Crippen LogP contribution in [0.1, 0.15) is 32.6 Å². The van der Waals surface area contributed by atoms with E-state index in [-0.39, 0.29) is 12.4 Å². The van der Waals surface area contributed by atoms with Crippen molar-refractivity contribution in [3.8, 4) is 0 Å². The van der Waals surface area contributed by atoms with Crippen LogP contribution in [0.2, 0.25) is 0 Å². The van der Waals surface area contributed by atoms with Gasteiger partial charge in [-0.3, -0.25) is 4.79 Å². The maximum absolute atomic E-state index is 11.0. The average molecular weight is 215 g/mol. The normalized spacial score (nSPS) is 17.5. The summed E-state index contributed by atoms with van der Waals surface area (Å²) in [7, 11) is 0. The maximum Gasteiger partial charge on any atom is 0.308 e. The second-order valence-electron chi connectivity index (χ2n) is 4.10. The highest BCUT2D eigenvalue weighted by Gasteiger charge is 2.20. The van der Waals surface area contributed by atoms with Gasteiger partial charge in [-0.25, -0.2) is 0 Å². The Morgan fingerprint density at radius 3 is 2.93 bits per heavy atom. The quantitative estimate of drug-likeness (QED) is 0.462. The molecule has 1 aliphatic rings. The molecular formula is C11H21NO3. The van der Waals surface area contributed by atoms with Crippen LogP contribution in [0.5, 0.6) is 0 Å². The van der Waals surface area contributed by atoms with E-state index < -0.39 is 6.10 Å². The monoisotopic (exact) mass is 215 g/mol. The van der Waals surface area contributed by atoms with Gasteiger partial charge in [-0.15, -0.1) is 0 Å². The Bertz CT molecular complexity index is 192. The van der Waals surface area contributed by atoms with Gasteiger partial charge in [0.2, 0.25) is 0 Å². The lowest BCUT2D eigenvalue weighted by Gasteiger charge is -2.10. The molecule has 2 N–H and O–H groups in total.